The minimum Gasteiger partial charge on any atom is -0.444 e. The number of nitrogens with zero attached hydrogens (tertiary/aromatic N) is 1. The lowest BCUT2D eigenvalue weighted by atomic mass is 10.2. The number of hydrogen-bond donors (Lipinski definition) is 1. The van der Waals surface area contributed by atoms with Gasteiger partial charge in [0, 0.05) is 6.42 Å². The van der Waals surface area contributed by atoms with Gasteiger partial charge in [0.25, 0.3) is 0 Å². The predicted molar refractivity (Wildman–Crippen MR) is 59.0 cm³/mol. The van der Waals surface area contributed by atoms with Crippen molar-refractivity contribution in [1.82, 2.24) is 10.3 Å². The summed E-state index contributed by atoms with van der Waals surface area (Å²) in [6, 6.07) is 0. The molecule has 0 aliphatic rings. The lowest BCUT2D eigenvalue weighted by Crippen LogP contribution is -2.32. The summed E-state index contributed by atoms with van der Waals surface area (Å²) in [5.41, 5.74) is -0.491. The van der Waals surface area contributed by atoms with Crippen LogP contribution in [0.2, 0.25) is 0 Å². The van der Waals surface area contributed by atoms with Crippen molar-refractivity contribution in [3.8, 4) is 0 Å². The number of hydrogen-bond acceptors (Lipinski definition) is 4. The van der Waals surface area contributed by atoms with Crippen molar-refractivity contribution in [1.29, 1.82) is 0 Å². The van der Waals surface area contributed by atoms with Gasteiger partial charge in [-0.3, -0.25) is 0 Å². The summed E-state index contributed by atoms with van der Waals surface area (Å²) in [5.74, 6) is 1.30. The van der Waals surface area contributed by atoms with Gasteiger partial charge in [0.05, 0.1) is 12.7 Å². The van der Waals surface area contributed by atoms with E-state index in [0.717, 1.165) is 12.2 Å². The smallest absolute Gasteiger partial charge is 0.408 e. The minimum atomic E-state index is -0.491. The molecule has 90 valence electrons. The largest absolute Gasteiger partial charge is 0.444 e. The summed E-state index contributed by atoms with van der Waals surface area (Å²) in [7, 11) is 0. The summed E-state index contributed by atoms with van der Waals surface area (Å²) < 4.78 is 10.4. The molecule has 0 aliphatic heterocycles. The molecule has 0 fully saturated rings. The number of carbonyl (C=O) groups excluding carboxylic acids is 1. The lowest BCUT2D eigenvalue weighted by molar-refractivity contribution is 0.0518. The zero-order chi connectivity index (χ0) is 12.2. The minimum absolute atomic E-state index is 0.245. The molecule has 1 amide bonds. The monoisotopic (exact) mass is 226 g/mol. The number of nitrogens with one attached hydrogen (secondary N) is 1. The average Bonchev–Trinajstić information content (AvgIpc) is 2.59. The van der Waals surface area contributed by atoms with Gasteiger partial charge in [0.2, 0.25) is 5.89 Å². The fourth-order valence-electron chi connectivity index (χ4n) is 1.06. The normalized spacial score (nSPS) is 11.2. The first-order chi connectivity index (χ1) is 7.40. The average molecular weight is 226 g/mol. The Bertz CT molecular complexity index is 352. The van der Waals surface area contributed by atoms with Crippen LogP contribution in [-0.4, -0.2) is 16.7 Å². The van der Waals surface area contributed by atoms with Gasteiger partial charge >= 0.3 is 6.09 Å². The molecule has 0 bridgehead atoms. The SMILES string of the molecule is CCc1cnc(CNC(=O)OC(C)(C)C)o1. The van der Waals surface area contributed by atoms with E-state index in [-0.39, 0.29) is 6.54 Å². The van der Waals surface area contributed by atoms with Gasteiger partial charge in [-0.05, 0) is 20.8 Å². The van der Waals surface area contributed by atoms with Crippen LogP contribution in [0, 0.1) is 0 Å². The maximum Gasteiger partial charge on any atom is 0.408 e. The number of alkyl carbamates (subject to hydrolysis) is 1. The molecule has 16 heavy (non-hydrogen) atoms. The first-order valence-electron chi connectivity index (χ1n) is 5.31. The Morgan fingerprint density at radius 3 is 2.75 bits per heavy atom. The zero-order valence-electron chi connectivity index (χ0n) is 10.2. The highest BCUT2D eigenvalue weighted by atomic mass is 16.6. The van der Waals surface area contributed by atoms with Crippen LogP contribution in [-0.2, 0) is 17.7 Å². The number of rotatable bonds is 3. The van der Waals surface area contributed by atoms with Gasteiger partial charge in [0.15, 0.2) is 0 Å². The first kappa shape index (κ1) is 12.5. The van der Waals surface area contributed by atoms with Crippen molar-refractivity contribution in [3.63, 3.8) is 0 Å². The quantitative estimate of drug-likeness (QED) is 0.858. The van der Waals surface area contributed by atoms with Crippen molar-refractivity contribution in [3.05, 3.63) is 17.8 Å². The van der Waals surface area contributed by atoms with Crippen molar-refractivity contribution >= 4 is 6.09 Å². The van der Waals surface area contributed by atoms with E-state index >= 15 is 0 Å². The van der Waals surface area contributed by atoms with Gasteiger partial charge < -0.3 is 14.5 Å². The Morgan fingerprint density at radius 1 is 1.56 bits per heavy atom. The van der Waals surface area contributed by atoms with E-state index in [1.165, 1.54) is 0 Å². The highest BCUT2D eigenvalue weighted by Gasteiger charge is 2.16. The van der Waals surface area contributed by atoms with E-state index in [1.54, 1.807) is 6.20 Å². The van der Waals surface area contributed by atoms with E-state index < -0.39 is 11.7 Å². The van der Waals surface area contributed by atoms with Crippen molar-refractivity contribution in [2.45, 2.75) is 46.3 Å². The molecule has 0 spiro atoms. The van der Waals surface area contributed by atoms with Crippen LogP contribution in [0.15, 0.2) is 10.6 Å². The summed E-state index contributed by atoms with van der Waals surface area (Å²) in [6.45, 7) is 7.66. The standard InChI is InChI=1S/C11H18N2O3/c1-5-8-6-12-9(15-8)7-13-10(14)16-11(2,3)4/h6H,5,7H2,1-4H3,(H,13,14). The molecule has 5 nitrogen and oxygen atoms in total. The molecule has 0 unspecified atom stereocenters. The molecule has 0 aliphatic carbocycles. The molecule has 0 atom stereocenters. The van der Waals surface area contributed by atoms with Crippen LogP contribution >= 0.6 is 0 Å². The number of amides is 1. The van der Waals surface area contributed by atoms with E-state index in [1.807, 2.05) is 27.7 Å². The fourth-order valence-corrected chi connectivity index (χ4v) is 1.06. The number of aryl methyl sites for hydroxylation is 1. The van der Waals surface area contributed by atoms with Gasteiger partial charge in [0.1, 0.15) is 11.4 Å². The molecule has 1 heterocycles. The van der Waals surface area contributed by atoms with E-state index in [9.17, 15) is 4.79 Å². The number of oxazole rings is 1. The molecule has 0 saturated heterocycles. The second-order valence-electron chi connectivity index (χ2n) is 4.43. The van der Waals surface area contributed by atoms with E-state index in [4.69, 9.17) is 9.15 Å². The summed E-state index contributed by atoms with van der Waals surface area (Å²) in [5, 5.41) is 2.58. The fraction of sp³-hybridized carbons (Fsp3) is 0.636. The maximum absolute atomic E-state index is 11.3. The second kappa shape index (κ2) is 5.01. The summed E-state index contributed by atoms with van der Waals surface area (Å²) in [4.78, 5) is 15.3. The van der Waals surface area contributed by atoms with Crippen LogP contribution in [0.4, 0.5) is 4.79 Å². The molecule has 1 aromatic rings. The highest BCUT2D eigenvalue weighted by molar-refractivity contribution is 5.67. The van der Waals surface area contributed by atoms with Crippen LogP contribution < -0.4 is 5.32 Å². The molecule has 1 N–H and O–H groups in total. The van der Waals surface area contributed by atoms with E-state index in [0.29, 0.717) is 5.89 Å². The van der Waals surface area contributed by atoms with Crippen molar-refractivity contribution in [2.75, 3.05) is 0 Å². The Labute approximate surface area is 95.2 Å². The molecule has 0 aromatic carbocycles. The molecule has 1 rings (SSSR count). The molecule has 5 heteroatoms. The lowest BCUT2D eigenvalue weighted by Gasteiger charge is -2.19. The summed E-state index contributed by atoms with van der Waals surface area (Å²) >= 11 is 0. The van der Waals surface area contributed by atoms with Crippen LogP contribution in [0.3, 0.4) is 0 Å². The Hall–Kier alpha value is -1.52. The summed E-state index contributed by atoms with van der Waals surface area (Å²) in [6.07, 6.45) is 1.98. The predicted octanol–water partition coefficient (Wildman–Crippen LogP) is 2.26. The van der Waals surface area contributed by atoms with Gasteiger partial charge in [-0.25, -0.2) is 9.78 Å². The second-order valence-corrected chi connectivity index (χ2v) is 4.43. The first-order valence-corrected chi connectivity index (χ1v) is 5.31. The third kappa shape index (κ3) is 4.33. The van der Waals surface area contributed by atoms with Crippen molar-refractivity contribution < 1.29 is 13.9 Å². The van der Waals surface area contributed by atoms with Gasteiger partial charge in [-0.15, -0.1) is 0 Å². The van der Waals surface area contributed by atoms with Crippen LogP contribution in [0.5, 0.6) is 0 Å². The van der Waals surface area contributed by atoms with E-state index in [2.05, 4.69) is 10.3 Å². The maximum atomic E-state index is 11.3. The Balaban J connectivity index is 2.37. The highest BCUT2D eigenvalue weighted by Crippen LogP contribution is 2.07. The Morgan fingerprint density at radius 2 is 2.25 bits per heavy atom. The zero-order valence-corrected chi connectivity index (χ0v) is 10.2. The molecule has 0 radical (unpaired) electrons. The topological polar surface area (TPSA) is 64.4 Å². The number of ether oxygens (including phenoxy) is 1. The Kier molecular flexibility index (Phi) is 3.93. The van der Waals surface area contributed by atoms with Crippen LogP contribution in [0.1, 0.15) is 39.3 Å². The van der Waals surface area contributed by atoms with Crippen LogP contribution in [0.25, 0.3) is 0 Å². The molecule has 0 saturated carbocycles. The third-order valence-corrected chi connectivity index (χ3v) is 1.73. The van der Waals surface area contributed by atoms with Gasteiger partial charge in [-0.1, -0.05) is 6.92 Å². The van der Waals surface area contributed by atoms with Gasteiger partial charge in [-0.2, -0.15) is 0 Å². The molecule has 1 aromatic heterocycles. The van der Waals surface area contributed by atoms with Crippen molar-refractivity contribution in [2.24, 2.45) is 0 Å². The molecular formula is C11H18N2O3. The number of carbonyl (C=O) groups is 1. The number of aromatic nitrogens is 1. The third-order valence-electron chi connectivity index (χ3n) is 1.73. The molecular weight excluding hydrogens is 208 g/mol.